The Labute approximate surface area is 135 Å². The first-order valence-corrected chi connectivity index (χ1v) is 8.44. The first kappa shape index (κ1) is 16.9. The second-order valence-corrected chi connectivity index (χ2v) is 6.26. The molecule has 0 aromatic heterocycles. The molecular weight excluding hydrogens is 335 g/mol. The molecule has 1 heterocycles. The van der Waals surface area contributed by atoms with Gasteiger partial charge in [-0.25, -0.2) is 4.39 Å². The Kier molecular flexibility index (Phi) is 6.61. The van der Waals surface area contributed by atoms with E-state index in [1.807, 2.05) is 6.07 Å². The quantitative estimate of drug-likeness (QED) is 0.846. The maximum atomic E-state index is 13.2. The van der Waals surface area contributed by atoms with Crippen LogP contribution in [0.15, 0.2) is 22.7 Å². The Bertz CT molecular complexity index is 458. The average Bonchev–Trinajstić information content (AvgIpc) is 2.49. The van der Waals surface area contributed by atoms with E-state index in [4.69, 9.17) is 4.74 Å². The van der Waals surface area contributed by atoms with Crippen LogP contribution in [0.1, 0.15) is 19.4 Å². The second kappa shape index (κ2) is 8.22. The van der Waals surface area contributed by atoms with Crippen LogP contribution in [-0.4, -0.2) is 49.8 Å². The Morgan fingerprint density at radius 2 is 2.29 bits per heavy atom. The van der Waals surface area contributed by atoms with Crippen LogP contribution in [0.4, 0.5) is 4.39 Å². The lowest BCUT2D eigenvalue weighted by Crippen LogP contribution is -2.53. The van der Waals surface area contributed by atoms with Gasteiger partial charge in [-0.05, 0) is 37.2 Å². The third-order valence-corrected chi connectivity index (χ3v) is 4.73. The molecule has 2 rings (SSSR count). The molecule has 2 atom stereocenters. The number of likely N-dealkylation sites (N-methyl/N-ethyl adjacent to an activating group) is 2. The van der Waals surface area contributed by atoms with Crippen LogP contribution in [0.25, 0.3) is 0 Å². The van der Waals surface area contributed by atoms with Crippen molar-refractivity contribution >= 4 is 15.9 Å². The van der Waals surface area contributed by atoms with Crippen LogP contribution in [0.3, 0.4) is 0 Å². The largest absolute Gasteiger partial charge is 0.374 e. The lowest BCUT2D eigenvalue weighted by Gasteiger charge is -2.37. The smallest absolute Gasteiger partial charge is 0.124 e. The number of hydrogen-bond donors (Lipinski definition) is 1. The summed E-state index contributed by atoms with van der Waals surface area (Å²) in [5.41, 5.74) is 1.11. The standard InChI is InChI=1S/C16H24BrFN2O/c1-3-19-15(16-11-20(4-2)7-8-21-16)9-12-5-6-13(18)10-14(12)17/h5-6,10,15-16,19H,3-4,7-9,11H2,1-2H3. The number of rotatable bonds is 6. The number of morpholine rings is 1. The van der Waals surface area contributed by atoms with Gasteiger partial charge in [-0.1, -0.05) is 35.8 Å². The molecule has 118 valence electrons. The molecule has 1 fully saturated rings. The molecule has 2 unspecified atom stereocenters. The van der Waals surface area contributed by atoms with Gasteiger partial charge < -0.3 is 10.1 Å². The van der Waals surface area contributed by atoms with Crippen LogP contribution in [0.5, 0.6) is 0 Å². The first-order valence-electron chi connectivity index (χ1n) is 7.65. The number of hydrogen-bond acceptors (Lipinski definition) is 3. The van der Waals surface area contributed by atoms with Crippen molar-refractivity contribution in [1.82, 2.24) is 10.2 Å². The molecule has 21 heavy (non-hydrogen) atoms. The van der Waals surface area contributed by atoms with Crippen molar-refractivity contribution in [1.29, 1.82) is 0 Å². The van der Waals surface area contributed by atoms with E-state index in [1.54, 1.807) is 0 Å². The van der Waals surface area contributed by atoms with Gasteiger partial charge >= 0.3 is 0 Å². The van der Waals surface area contributed by atoms with Gasteiger partial charge in [0.05, 0.1) is 12.7 Å². The van der Waals surface area contributed by atoms with Crippen molar-refractivity contribution < 1.29 is 9.13 Å². The summed E-state index contributed by atoms with van der Waals surface area (Å²) in [4.78, 5) is 2.41. The minimum absolute atomic E-state index is 0.176. The zero-order chi connectivity index (χ0) is 15.2. The molecule has 0 bridgehead atoms. The Morgan fingerprint density at radius 1 is 1.48 bits per heavy atom. The molecular formula is C16H24BrFN2O. The molecule has 0 spiro atoms. The fourth-order valence-corrected chi connectivity index (χ4v) is 3.30. The van der Waals surface area contributed by atoms with E-state index in [0.717, 1.165) is 49.2 Å². The maximum absolute atomic E-state index is 13.2. The van der Waals surface area contributed by atoms with Gasteiger partial charge in [-0.3, -0.25) is 4.90 Å². The van der Waals surface area contributed by atoms with E-state index in [1.165, 1.54) is 12.1 Å². The highest BCUT2D eigenvalue weighted by Gasteiger charge is 2.27. The van der Waals surface area contributed by atoms with Gasteiger partial charge in [-0.2, -0.15) is 0 Å². The predicted molar refractivity (Wildman–Crippen MR) is 87.1 cm³/mol. The molecule has 0 aliphatic carbocycles. The van der Waals surface area contributed by atoms with Crippen LogP contribution in [0, 0.1) is 5.82 Å². The third kappa shape index (κ3) is 4.74. The van der Waals surface area contributed by atoms with Crippen LogP contribution in [0.2, 0.25) is 0 Å². The van der Waals surface area contributed by atoms with Crippen LogP contribution < -0.4 is 5.32 Å². The summed E-state index contributed by atoms with van der Waals surface area (Å²) in [6.45, 7) is 8.98. The van der Waals surface area contributed by atoms with Gasteiger partial charge in [0.2, 0.25) is 0 Å². The average molecular weight is 359 g/mol. The molecule has 5 heteroatoms. The predicted octanol–water partition coefficient (Wildman–Crippen LogP) is 2.83. The lowest BCUT2D eigenvalue weighted by atomic mass is 9.99. The molecule has 1 saturated heterocycles. The van der Waals surface area contributed by atoms with Gasteiger partial charge in [0.15, 0.2) is 0 Å². The SMILES string of the molecule is CCNC(Cc1ccc(F)cc1Br)C1CN(CC)CCO1. The van der Waals surface area contributed by atoms with E-state index < -0.39 is 0 Å². The number of halogens is 2. The van der Waals surface area contributed by atoms with Gasteiger partial charge in [-0.15, -0.1) is 0 Å². The molecule has 1 aromatic carbocycles. The van der Waals surface area contributed by atoms with Crippen LogP contribution in [-0.2, 0) is 11.2 Å². The molecule has 0 radical (unpaired) electrons. The van der Waals surface area contributed by atoms with Crippen molar-refractivity contribution in [3.8, 4) is 0 Å². The highest BCUT2D eigenvalue weighted by Crippen LogP contribution is 2.21. The Morgan fingerprint density at radius 3 is 2.95 bits per heavy atom. The normalized spacial score (nSPS) is 21.4. The van der Waals surface area contributed by atoms with Crippen molar-refractivity contribution in [2.75, 3.05) is 32.8 Å². The van der Waals surface area contributed by atoms with E-state index in [-0.39, 0.29) is 18.0 Å². The minimum atomic E-state index is -0.211. The summed E-state index contributed by atoms with van der Waals surface area (Å²) in [6.07, 6.45) is 1.01. The van der Waals surface area contributed by atoms with E-state index in [0.29, 0.717) is 0 Å². The van der Waals surface area contributed by atoms with Crippen molar-refractivity contribution in [3.63, 3.8) is 0 Å². The molecule has 1 aliphatic rings. The number of nitrogens with zero attached hydrogens (tertiary/aromatic N) is 1. The van der Waals surface area contributed by atoms with E-state index in [2.05, 4.69) is 40.0 Å². The summed E-state index contributed by atoms with van der Waals surface area (Å²) in [5, 5.41) is 3.52. The highest BCUT2D eigenvalue weighted by molar-refractivity contribution is 9.10. The zero-order valence-electron chi connectivity index (χ0n) is 12.7. The van der Waals surface area contributed by atoms with Crippen LogP contribution >= 0.6 is 15.9 Å². The fraction of sp³-hybridized carbons (Fsp3) is 0.625. The Balaban J connectivity index is 2.07. The molecule has 3 nitrogen and oxygen atoms in total. The number of nitrogens with one attached hydrogen (secondary N) is 1. The number of benzene rings is 1. The second-order valence-electron chi connectivity index (χ2n) is 5.41. The molecule has 1 aromatic rings. The zero-order valence-corrected chi connectivity index (χ0v) is 14.3. The van der Waals surface area contributed by atoms with Gasteiger partial charge in [0.1, 0.15) is 5.82 Å². The minimum Gasteiger partial charge on any atom is -0.374 e. The van der Waals surface area contributed by atoms with E-state index >= 15 is 0 Å². The summed E-state index contributed by atoms with van der Waals surface area (Å²) < 4.78 is 20.0. The van der Waals surface area contributed by atoms with E-state index in [9.17, 15) is 4.39 Å². The molecule has 1 N–H and O–H groups in total. The summed E-state index contributed by atoms with van der Waals surface area (Å²) in [6, 6.07) is 5.14. The van der Waals surface area contributed by atoms with Crippen molar-refractivity contribution in [2.24, 2.45) is 0 Å². The summed E-state index contributed by atoms with van der Waals surface area (Å²) >= 11 is 3.46. The van der Waals surface area contributed by atoms with Crippen molar-refractivity contribution in [3.05, 3.63) is 34.1 Å². The Hall–Kier alpha value is -0.490. The van der Waals surface area contributed by atoms with Gasteiger partial charge in [0, 0.05) is 23.6 Å². The summed E-state index contributed by atoms with van der Waals surface area (Å²) in [5.74, 6) is -0.211. The lowest BCUT2D eigenvalue weighted by molar-refractivity contribution is -0.0445. The van der Waals surface area contributed by atoms with Gasteiger partial charge in [0.25, 0.3) is 0 Å². The first-order chi connectivity index (χ1) is 10.1. The number of ether oxygens (including phenoxy) is 1. The third-order valence-electron chi connectivity index (χ3n) is 3.99. The summed E-state index contributed by atoms with van der Waals surface area (Å²) in [7, 11) is 0. The van der Waals surface area contributed by atoms with Crippen molar-refractivity contribution in [2.45, 2.75) is 32.4 Å². The molecule has 0 amide bonds. The topological polar surface area (TPSA) is 24.5 Å². The monoisotopic (exact) mass is 358 g/mol. The molecule has 0 saturated carbocycles. The highest BCUT2D eigenvalue weighted by atomic mass is 79.9. The fourth-order valence-electron chi connectivity index (χ4n) is 2.78. The maximum Gasteiger partial charge on any atom is 0.124 e. The molecule has 1 aliphatic heterocycles.